The van der Waals surface area contributed by atoms with Crippen LogP contribution in [-0.4, -0.2) is 24.6 Å². The smallest absolute Gasteiger partial charge is 0.316 e. The van der Waals surface area contributed by atoms with Gasteiger partial charge in [-0.15, -0.1) is 0 Å². The Bertz CT molecular complexity index is 482. The summed E-state index contributed by atoms with van der Waals surface area (Å²) in [5, 5.41) is 0. The van der Waals surface area contributed by atoms with Crippen molar-refractivity contribution in [1.29, 1.82) is 0 Å². The quantitative estimate of drug-likeness (QED) is 0.455. The molecule has 0 radical (unpaired) electrons. The van der Waals surface area contributed by atoms with Crippen LogP contribution in [0.15, 0.2) is 24.3 Å². The highest BCUT2D eigenvalue weighted by atomic mass is 19.1. The Balaban J connectivity index is 2.85. The maximum atomic E-state index is 12.9. The Morgan fingerprint density at radius 1 is 1.33 bits per heavy atom. The van der Waals surface area contributed by atoms with Crippen molar-refractivity contribution in [3.63, 3.8) is 0 Å². The van der Waals surface area contributed by atoms with Crippen LogP contribution < -0.4 is 0 Å². The number of benzene rings is 1. The number of carbonyl (C=O) groups is 3. The van der Waals surface area contributed by atoms with Crippen molar-refractivity contribution >= 4 is 17.5 Å². The maximum Gasteiger partial charge on any atom is 0.316 e. The van der Waals surface area contributed by atoms with Gasteiger partial charge in [-0.2, -0.15) is 0 Å². The average Bonchev–Trinajstić information content (AvgIpc) is 2.34. The summed E-state index contributed by atoms with van der Waals surface area (Å²) in [6.45, 7) is 1.21. The summed E-state index contributed by atoms with van der Waals surface area (Å²) in [5.41, 5.74) is 0.130. The first-order chi connectivity index (χ1) is 8.45. The fourth-order valence-electron chi connectivity index (χ4n) is 1.50. The minimum absolute atomic E-state index is 0.130. The number of hydrogen-bond acceptors (Lipinski definition) is 4. The highest BCUT2D eigenvalue weighted by Gasteiger charge is 2.27. The van der Waals surface area contributed by atoms with Gasteiger partial charge < -0.3 is 4.74 Å². The SMILES string of the molecule is COC(=O)[C@@H](CC(=O)c1cccc(F)c1)C(C)=O. The molecule has 0 aliphatic carbocycles. The molecule has 5 heteroatoms. The van der Waals surface area contributed by atoms with Gasteiger partial charge in [-0.3, -0.25) is 14.4 Å². The highest BCUT2D eigenvalue weighted by molar-refractivity contribution is 6.05. The predicted molar refractivity (Wildman–Crippen MR) is 61.5 cm³/mol. The lowest BCUT2D eigenvalue weighted by Crippen LogP contribution is -2.26. The van der Waals surface area contributed by atoms with Crippen LogP contribution in [0.4, 0.5) is 4.39 Å². The minimum Gasteiger partial charge on any atom is -0.468 e. The van der Waals surface area contributed by atoms with Gasteiger partial charge in [0.25, 0.3) is 0 Å². The number of ether oxygens (including phenoxy) is 1. The van der Waals surface area contributed by atoms with Gasteiger partial charge in [0.05, 0.1) is 7.11 Å². The lowest BCUT2D eigenvalue weighted by atomic mass is 9.95. The van der Waals surface area contributed by atoms with Crippen molar-refractivity contribution in [1.82, 2.24) is 0 Å². The first-order valence-corrected chi connectivity index (χ1v) is 5.32. The van der Waals surface area contributed by atoms with Crippen molar-refractivity contribution in [3.8, 4) is 0 Å². The second-order valence-electron chi connectivity index (χ2n) is 3.82. The monoisotopic (exact) mass is 252 g/mol. The van der Waals surface area contributed by atoms with Gasteiger partial charge in [0.15, 0.2) is 5.78 Å². The summed E-state index contributed by atoms with van der Waals surface area (Å²) >= 11 is 0. The van der Waals surface area contributed by atoms with Crippen molar-refractivity contribution in [2.75, 3.05) is 7.11 Å². The van der Waals surface area contributed by atoms with Gasteiger partial charge in [0.1, 0.15) is 17.5 Å². The lowest BCUT2D eigenvalue weighted by molar-refractivity contribution is -0.148. The fourth-order valence-corrected chi connectivity index (χ4v) is 1.50. The third-order valence-electron chi connectivity index (χ3n) is 2.51. The molecule has 96 valence electrons. The molecular weight excluding hydrogens is 239 g/mol. The van der Waals surface area contributed by atoms with Crippen LogP contribution in [0.5, 0.6) is 0 Å². The topological polar surface area (TPSA) is 60.4 Å². The molecule has 0 saturated heterocycles. The second-order valence-corrected chi connectivity index (χ2v) is 3.82. The van der Waals surface area contributed by atoms with E-state index < -0.39 is 29.3 Å². The number of Topliss-reactive ketones (excluding diaryl/α,β-unsaturated/α-hetero) is 2. The van der Waals surface area contributed by atoms with Crippen LogP contribution in [0.25, 0.3) is 0 Å². The standard InChI is InChI=1S/C13H13FO4/c1-8(15)11(13(17)18-2)7-12(16)9-4-3-5-10(14)6-9/h3-6,11H,7H2,1-2H3/t11-/m0/s1. The average molecular weight is 252 g/mol. The van der Waals surface area contributed by atoms with Crippen LogP contribution in [0.3, 0.4) is 0 Å². The van der Waals surface area contributed by atoms with Crippen molar-refractivity contribution in [2.45, 2.75) is 13.3 Å². The van der Waals surface area contributed by atoms with Crippen LogP contribution >= 0.6 is 0 Å². The summed E-state index contributed by atoms with van der Waals surface area (Å²) < 4.78 is 17.4. The number of ketones is 2. The Kier molecular flexibility index (Phi) is 4.71. The lowest BCUT2D eigenvalue weighted by Gasteiger charge is -2.10. The van der Waals surface area contributed by atoms with Crippen molar-refractivity contribution in [3.05, 3.63) is 35.6 Å². The van der Waals surface area contributed by atoms with Crippen LogP contribution in [-0.2, 0) is 14.3 Å². The van der Waals surface area contributed by atoms with Crippen molar-refractivity contribution < 1.29 is 23.5 Å². The fraction of sp³-hybridized carbons (Fsp3) is 0.308. The van der Waals surface area contributed by atoms with E-state index in [2.05, 4.69) is 4.74 Å². The number of carbonyl (C=O) groups excluding carboxylic acids is 3. The van der Waals surface area contributed by atoms with E-state index in [-0.39, 0.29) is 12.0 Å². The molecule has 0 N–H and O–H groups in total. The molecule has 0 spiro atoms. The molecule has 0 fully saturated rings. The molecule has 1 atom stereocenters. The molecular formula is C13H13FO4. The van der Waals surface area contributed by atoms with Crippen LogP contribution in [0.1, 0.15) is 23.7 Å². The van der Waals surface area contributed by atoms with E-state index in [1.54, 1.807) is 0 Å². The largest absolute Gasteiger partial charge is 0.468 e. The molecule has 1 rings (SSSR count). The minimum atomic E-state index is -1.13. The zero-order valence-corrected chi connectivity index (χ0v) is 10.1. The summed E-state index contributed by atoms with van der Waals surface area (Å²) in [6, 6.07) is 5.10. The Labute approximate surface area is 104 Å². The number of rotatable bonds is 5. The molecule has 4 nitrogen and oxygen atoms in total. The number of esters is 1. The number of methoxy groups -OCH3 is 1. The van der Waals surface area contributed by atoms with E-state index in [0.29, 0.717) is 0 Å². The third kappa shape index (κ3) is 3.48. The summed E-state index contributed by atoms with van der Waals surface area (Å²) in [5.74, 6) is -3.36. The summed E-state index contributed by atoms with van der Waals surface area (Å²) in [7, 11) is 1.14. The van der Waals surface area contributed by atoms with Crippen LogP contribution in [0.2, 0.25) is 0 Å². The molecule has 18 heavy (non-hydrogen) atoms. The molecule has 0 aliphatic heterocycles. The second kappa shape index (κ2) is 6.05. The first-order valence-electron chi connectivity index (χ1n) is 5.32. The zero-order chi connectivity index (χ0) is 13.7. The summed E-state index contributed by atoms with van der Waals surface area (Å²) in [4.78, 5) is 34.4. The molecule has 0 bridgehead atoms. The van der Waals surface area contributed by atoms with Gasteiger partial charge >= 0.3 is 5.97 Å². The van der Waals surface area contributed by atoms with Crippen LogP contribution in [0, 0.1) is 11.7 Å². The van der Waals surface area contributed by atoms with E-state index in [4.69, 9.17) is 0 Å². The zero-order valence-electron chi connectivity index (χ0n) is 10.1. The van der Waals surface area contributed by atoms with E-state index in [9.17, 15) is 18.8 Å². The predicted octanol–water partition coefficient (Wildman–Crippen LogP) is 1.78. The Morgan fingerprint density at radius 2 is 2.00 bits per heavy atom. The molecule has 0 heterocycles. The van der Waals surface area contributed by atoms with Gasteiger partial charge in [0.2, 0.25) is 0 Å². The molecule has 1 aromatic carbocycles. The van der Waals surface area contributed by atoms with E-state index in [1.165, 1.54) is 25.1 Å². The van der Waals surface area contributed by atoms with Crippen molar-refractivity contribution in [2.24, 2.45) is 5.92 Å². The van der Waals surface area contributed by atoms with E-state index in [0.717, 1.165) is 13.2 Å². The number of halogens is 1. The first kappa shape index (κ1) is 14.0. The van der Waals surface area contributed by atoms with Gasteiger partial charge in [-0.1, -0.05) is 12.1 Å². The maximum absolute atomic E-state index is 12.9. The molecule has 0 saturated carbocycles. The molecule has 1 aromatic rings. The Morgan fingerprint density at radius 3 is 2.50 bits per heavy atom. The van der Waals surface area contributed by atoms with E-state index in [1.807, 2.05) is 0 Å². The van der Waals surface area contributed by atoms with Gasteiger partial charge in [-0.05, 0) is 19.1 Å². The highest BCUT2D eigenvalue weighted by Crippen LogP contribution is 2.13. The van der Waals surface area contributed by atoms with Gasteiger partial charge in [-0.25, -0.2) is 4.39 Å². The Hall–Kier alpha value is -2.04. The third-order valence-corrected chi connectivity index (χ3v) is 2.51. The molecule has 0 unspecified atom stereocenters. The molecule has 0 aliphatic rings. The molecule has 0 aromatic heterocycles. The van der Waals surface area contributed by atoms with E-state index >= 15 is 0 Å². The summed E-state index contributed by atoms with van der Waals surface area (Å²) in [6.07, 6.45) is -0.314. The normalized spacial score (nSPS) is 11.7. The van der Waals surface area contributed by atoms with Gasteiger partial charge in [0, 0.05) is 12.0 Å². The molecule has 0 amide bonds. The number of hydrogen-bond donors (Lipinski definition) is 0.